The molecule has 178 valence electrons. The quantitative estimate of drug-likeness (QED) is 0.455. The van der Waals surface area contributed by atoms with Crippen molar-refractivity contribution in [2.75, 3.05) is 23.3 Å². The highest BCUT2D eigenvalue weighted by molar-refractivity contribution is 7.80. The Kier molecular flexibility index (Phi) is 7.95. The summed E-state index contributed by atoms with van der Waals surface area (Å²) in [5, 5.41) is 4.46. The second-order valence-electron chi connectivity index (χ2n) is 10.3. The van der Waals surface area contributed by atoms with Gasteiger partial charge in [0.2, 0.25) is 0 Å². The highest BCUT2D eigenvalue weighted by Gasteiger charge is 2.29. The Bertz CT molecular complexity index is 949. The van der Waals surface area contributed by atoms with Crippen LogP contribution in [0.25, 0.3) is 0 Å². The molecule has 1 heterocycles. The molecule has 0 bridgehead atoms. The highest BCUT2D eigenvalue weighted by Crippen LogP contribution is 2.32. The molecule has 1 aliphatic heterocycles. The lowest BCUT2D eigenvalue weighted by Gasteiger charge is -2.40. The Hall–Kier alpha value is -2.07. The smallest absolute Gasteiger partial charge is 0.173 e. The van der Waals surface area contributed by atoms with Crippen molar-refractivity contribution in [1.29, 1.82) is 0 Å². The second kappa shape index (κ2) is 10.9. The third kappa shape index (κ3) is 5.90. The number of hydrogen-bond acceptors (Lipinski definition) is 2. The van der Waals surface area contributed by atoms with E-state index in [0.717, 1.165) is 23.9 Å². The summed E-state index contributed by atoms with van der Waals surface area (Å²) >= 11 is 6.06. The van der Waals surface area contributed by atoms with E-state index in [2.05, 4.69) is 79.2 Å². The molecule has 0 aromatic heterocycles. The number of fused-ring (bicyclic) bond motifs is 1. The molecule has 4 rings (SSSR count). The van der Waals surface area contributed by atoms with Crippen LogP contribution in [0.4, 0.5) is 11.4 Å². The van der Waals surface area contributed by atoms with Gasteiger partial charge in [-0.2, -0.15) is 0 Å². The first-order valence-corrected chi connectivity index (χ1v) is 13.4. The molecule has 0 amide bonds. The molecular weight excluding hydrogens is 422 g/mol. The summed E-state index contributed by atoms with van der Waals surface area (Å²) in [6.45, 7) is 12.2. The van der Waals surface area contributed by atoms with Crippen molar-refractivity contribution in [3.05, 3.63) is 58.7 Å². The Labute approximate surface area is 206 Å². The molecule has 2 aliphatic rings. The van der Waals surface area contributed by atoms with E-state index in [0.29, 0.717) is 12.0 Å². The fourth-order valence-electron chi connectivity index (χ4n) is 5.87. The van der Waals surface area contributed by atoms with Crippen molar-refractivity contribution in [2.45, 2.75) is 85.2 Å². The number of nitrogens with one attached hydrogen (secondary N) is 1. The van der Waals surface area contributed by atoms with Gasteiger partial charge in [-0.15, -0.1) is 0 Å². The van der Waals surface area contributed by atoms with Gasteiger partial charge in [0.1, 0.15) is 0 Å². The molecule has 33 heavy (non-hydrogen) atoms. The van der Waals surface area contributed by atoms with Crippen molar-refractivity contribution in [1.82, 2.24) is 4.90 Å². The molecular formula is C29H41N3S. The van der Waals surface area contributed by atoms with Crippen LogP contribution in [0, 0.1) is 19.8 Å². The van der Waals surface area contributed by atoms with E-state index in [9.17, 15) is 0 Å². The minimum atomic E-state index is 0.497. The first-order chi connectivity index (χ1) is 15.9. The summed E-state index contributed by atoms with van der Waals surface area (Å²) in [5.41, 5.74) is 7.98. The third-order valence-corrected chi connectivity index (χ3v) is 7.74. The number of thiocarbonyl (C=S) groups is 1. The number of anilines is 2. The average Bonchev–Trinajstić information content (AvgIpc) is 2.77. The van der Waals surface area contributed by atoms with E-state index in [4.69, 9.17) is 12.2 Å². The minimum absolute atomic E-state index is 0.497. The lowest BCUT2D eigenvalue weighted by molar-refractivity contribution is 0.177. The minimum Gasteiger partial charge on any atom is -0.371 e. The van der Waals surface area contributed by atoms with Gasteiger partial charge < -0.3 is 15.1 Å². The van der Waals surface area contributed by atoms with E-state index >= 15 is 0 Å². The molecule has 1 N–H and O–H groups in total. The Balaban J connectivity index is 1.58. The molecule has 0 saturated heterocycles. The maximum absolute atomic E-state index is 6.06. The average molecular weight is 464 g/mol. The van der Waals surface area contributed by atoms with Gasteiger partial charge in [0.25, 0.3) is 0 Å². The molecule has 1 saturated carbocycles. The van der Waals surface area contributed by atoms with Crippen molar-refractivity contribution in [3.8, 4) is 0 Å². The van der Waals surface area contributed by atoms with Gasteiger partial charge in [-0.05, 0) is 105 Å². The molecule has 4 heteroatoms. The van der Waals surface area contributed by atoms with E-state index in [1.807, 2.05) is 0 Å². The summed E-state index contributed by atoms with van der Waals surface area (Å²) in [6.07, 6.45) is 8.81. The Morgan fingerprint density at radius 3 is 2.55 bits per heavy atom. The van der Waals surface area contributed by atoms with Crippen LogP contribution in [0.2, 0.25) is 0 Å². The fourth-order valence-corrected chi connectivity index (χ4v) is 6.18. The molecule has 2 aromatic carbocycles. The molecule has 1 fully saturated rings. The zero-order valence-corrected chi connectivity index (χ0v) is 21.8. The molecule has 0 radical (unpaired) electrons. The number of hydrogen-bond donors (Lipinski definition) is 1. The number of aryl methyl sites for hydroxylation is 3. The van der Waals surface area contributed by atoms with Gasteiger partial charge in [0.05, 0.1) is 0 Å². The maximum Gasteiger partial charge on any atom is 0.173 e. The monoisotopic (exact) mass is 463 g/mol. The second-order valence-corrected chi connectivity index (χ2v) is 10.7. The van der Waals surface area contributed by atoms with Gasteiger partial charge in [-0.3, -0.25) is 0 Å². The van der Waals surface area contributed by atoms with Gasteiger partial charge in [0.15, 0.2) is 5.11 Å². The molecule has 1 aliphatic carbocycles. The van der Waals surface area contributed by atoms with E-state index < -0.39 is 0 Å². The van der Waals surface area contributed by atoms with Crippen molar-refractivity contribution < 1.29 is 0 Å². The SMILES string of the molecule is CCCN1CCCc2cc(CN(C(=S)Nc3cc(C)cc(C)c3)[C@@H]3CCCC[C@@H]3C)ccc21. The lowest BCUT2D eigenvalue weighted by atomic mass is 9.84. The van der Waals surface area contributed by atoms with Crippen molar-refractivity contribution in [2.24, 2.45) is 5.92 Å². The highest BCUT2D eigenvalue weighted by atomic mass is 32.1. The first kappa shape index (κ1) is 24.1. The molecule has 2 aromatic rings. The summed E-state index contributed by atoms with van der Waals surface area (Å²) in [7, 11) is 0. The van der Waals surface area contributed by atoms with Crippen LogP contribution in [0.3, 0.4) is 0 Å². The largest absolute Gasteiger partial charge is 0.371 e. The summed E-state index contributed by atoms with van der Waals surface area (Å²) in [6, 6.07) is 14.3. The normalized spacial score (nSPS) is 20.3. The third-order valence-electron chi connectivity index (χ3n) is 7.41. The fraction of sp³-hybridized carbons (Fsp3) is 0.552. The number of nitrogens with zero attached hydrogens (tertiary/aromatic N) is 2. The summed E-state index contributed by atoms with van der Waals surface area (Å²) in [5.74, 6) is 0.662. The Morgan fingerprint density at radius 2 is 1.82 bits per heavy atom. The van der Waals surface area contributed by atoms with Crippen LogP contribution in [0.1, 0.15) is 74.6 Å². The zero-order chi connectivity index (χ0) is 23.4. The van der Waals surface area contributed by atoms with Crippen LogP contribution < -0.4 is 10.2 Å². The van der Waals surface area contributed by atoms with E-state index in [1.165, 1.54) is 79.4 Å². The van der Waals surface area contributed by atoms with Crippen LogP contribution in [0.15, 0.2) is 36.4 Å². The summed E-state index contributed by atoms with van der Waals surface area (Å²) in [4.78, 5) is 5.06. The van der Waals surface area contributed by atoms with Gasteiger partial charge in [-0.25, -0.2) is 0 Å². The van der Waals surface area contributed by atoms with Gasteiger partial charge in [-0.1, -0.05) is 44.9 Å². The van der Waals surface area contributed by atoms with Crippen LogP contribution in [-0.2, 0) is 13.0 Å². The molecule has 0 spiro atoms. The predicted molar refractivity (Wildman–Crippen MR) is 146 cm³/mol. The molecule has 3 nitrogen and oxygen atoms in total. The van der Waals surface area contributed by atoms with Gasteiger partial charge >= 0.3 is 0 Å². The first-order valence-electron chi connectivity index (χ1n) is 13.0. The summed E-state index contributed by atoms with van der Waals surface area (Å²) < 4.78 is 0. The van der Waals surface area contributed by atoms with Crippen LogP contribution in [-0.4, -0.2) is 29.1 Å². The Morgan fingerprint density at radius 1 is 1.06 bits per heavy atom. The van der Waals surface area contributed by atoms with Crippen LogP contribution in [0.5, 0.6) is 0 Å². The lowest BCUT2D eigenvalue weighted by Crippen LogP contribution is -2.46. The predicted octanol–water partition coefficient (Wildman–Crippen LogP) is 7.24. The van der Waals surface area contributed by atoms with Crippen LogP contribution >= 0.6 is 12.2 Å². The van der Waals surface area contributed by atoms with E-state index in [1.54, 1.807) is 0 Å². The standard InChI is InChI=1S/C29H41N3S/c1-5-14-31-15-8-10-25-19-24(12-13-28(25)31)20-32(27-11-7-6-9-23(27)4)29(33)30-26-17-21(2)16-22(3)18-26/h12-13,16-19,23,27H,5-11,14-15,20H2,1-4H3,(H,30,33)/t23-,27+/m0/s1. The van der Waals surface area contributed by atoms with E-state index in [-0.39, 0.29) is 0 Å². The van der Waals surface area contributed by atoms with Gasteiger partial charge in [0, 0.05) is 37.1 Å². The number of benzene rings is 2. The number of rotatable bonds is 6. The topological polar surface area (TPSA) is 18.5 Å². The molecule has 2 atom stereocenters. The van der Waals surface area contributed by atoms with Crippen molar-refractivity contribution >= 4 is 28.7 Å². The van der Waals surface area contributed by atoms with Crippen molar-refractivity contribution in [3.63, 3.8) is 0 Å². The maximum atomic E-state index is 6.06. The molecule has 0 unspecified atom stereocenters. The zero-order valence-electron chi connectivity index (χ0n) is 21.0.